The number of nitrogens with zero attached hydrogens (tertiary/aromatic N) is 3. The number of hydrogen-bond donors (Lipinski definition) is 2. The molecule has 0 amide bonds. The predicted molar refractivity (Wildman–Crippen MR) is 127 cm³/mol. The lowest BCUT2D eigenvalue weighted by Crippen LogP contribution is -2.43. The molecule has 1 atom stereocenters. The number of imidazole rings is 1. The number of aliphatic hydroxyl groups is 1. The molecule has 31 heavy (non-hydrogen) atoms. The summed E-state index contributed by atoms with van der Waals surface area (Å²) in [4.78, 5) is 14.9. The Bertz CT molecular complexity index is 1280. The third kappa shape index (κ3) is 3.40. The molecular formula is C24H21BrN4O2. The van der Waals surface area contributed by atoms with Crippen molar-refractivity contribution >= 4 is 44.5 Å². The van der Waals surface area contributed by atoms with Crippen LogP contribution in [0.2, 0.25) is 0 Å². The van der Waals surface area contributed by atoms with Gasteiger partial charge in [0.15, 0.2) is 5.75 Å². The lowest BCUT2D eigenvalue weighted by molar-refractivity contribution is 0.195. The molecule has 7 heteroatoms. The summed E-state index contributed by atoms with van der Waals surface area (Å²) >= 11 is 3.55. The number of halogens is 1. The zero-order valence-electron chi connectivity index (χ0n) is 17.0. The van der Waals surface area contributed by atoms with Gasteiger partial charge < -0.3 is 19.7 Å². The molecule has 0 spiro atoms. The molecule has 1 aliphatic rings. The number of aryl methyl sites for hydroxylation is 1. The molecule has 3 heterocycles. The van der Waals surface area contributed by atoms with Gasteiger partial charge in [-0.1, -0.05) is 34.7 Å². The van der Waals surface area contributed by atoms with Gasteiger partial charge in [0.2, 0.25) is 0 Å². The lowest BCUT2D eigenvalue weighted by Gasteiger charge is -2.37. The SMILES string of the molecule is C=Cc1ccc(N2c3cccc(-c4nc5c(C)cc(Br)cc5[nH]4)c3OCC2CO)nc1. The van der Waals surface area contributed by atoms with Crippen molar-refractivity contribution in [2.75, 3.05) is 18.1 Å². The Labute approximate surface area is 188 Å². The molecule has 5 rings (SSSR count). The summed E-state index contributed by atoms with van der Waals surface area (Å²) in [5, 5.41) is 10.00. The number of anilines is 2. The monoisotopic (exact) mass is 476 g/mol. The maximum atomic E-state index is 10.00. The van der Waals surface area contributed by atoms with Crippen molar-refractivity contribution in [1.82, 2.24) is 15.0 Å². The third-order valence-electron chi connectivity index (χ3n) is 5.50. The van der Waals surface area contributed by atoms with Gasteiger partial charge in [-0.3, -0.25) is 0 Å². The molecule has 1 aliphatic heterocycles. The molecule has 6 nitrogen and oxygen atoms in total. The first-order valence-corrected chi connectivity index (χ1v) is 10.8. The number of para-hydroxylation sites is 1. The Balaban J connectivity index is 1.65. The van der Waals surface area contributed by atoms with Gasteiger partial charge in [0.1, 0.15) is 18.2 Å². The fourth-order valence-corrected chi connectivity index (χ4v) is 4.56. The molecule has 0 saturated heterocycles. The number of nitrogens with one attached hydrogen (secondary N) is 1. The van der Waals surface area contributed by atoms with Gasteiger partial charge in [0.25, 0.3) is 0 Å². The van der Waals surface area contributed by atoms with Crippen molar-refractivity contribution in [3.63, 3.8) is 0 Å². The molecule has 2 aromatic heterocycles. The number of hydrogen-bond acceptors (Lipinski definition) is 5. The number of aromatic amines is 1. The van der Waals surface area contributed by atoms with Gasteiger partial charge in [-0.2, -0.15) is 0 Å². The summed E-state index contributed by atoms with van der Waals surface area (Å²) in [6, 6.07) is 13.7. The highest BCUT2D eigenvalue weighted by molar-refractivity contribution is 9.10. The number of fused-ring (bicyclic) bond motifs is 2. The van der Waals surface area contributed by atoms with E-state index in [9.17, 15) is 5.11 Å². The van der Waals surface area contributed by atoms with Crippen molar-refractivity contribution in [2.24, 2.45) is 0 Å². The average molecular weight is 477 g/mol. The molecule has 1 unspecified atom stereocenters. The summed E-state index contributed by atoms with van der Waals surface area (Å²) in [6.07, 6.45) is 3.53. The summed E-state index contributed by atoms with van der Waals surface area (Å²) in [7, 11) is 0. The first-order chi connectivity index (χ1) is 15.1. The molecule has 2 N–H and O–H groups in total. The standard InChI is InChI=1S/C24H21BrN4O2/c1-3-15-7-8-21(26-11-15)29-17(12-30)13-31-23-18(5-4-6-20(23)29)24-27-19-10-16(25)9-14(2)22(19)28-24/h3-11,17,30H,1,12-13H2,2H3,(H,27,28). The zero-order chi connectivity index (χ0) is 21.5. The Kier molecular flexibility index (Phi) is 5.00. The molecule has 0 bridgehead atoms. The van der Waals surface area contributed by atoms with E-state index in [-0.39, 0.29) is 12.6 Å². The molecule has 0 aliphatic carbocycles. The van der Waals surface area contributed by atoms with Gasteiger partial charge >= 0.3 is 0 Å². The van der Waals surface area contributed by atoms with Gasteiger partial charge in [0, 0.05) is 10.7 Å². The van der Waals surface area contributed by atoms with E-state index in [1.807, 2.05) is 48.2 Å². The molecule has 0 saturated carbocycles. The van der Waals surface area contributed by atoms with Gasteiger partial charge in [-0.15, -0.1) is 0 Å². The van der Waals surface area contributed by atoms with E-state index in [1.54, 1.807) is 12.3 Å². The Morgan fingerprint density at radius 3 is 2.94 bits per heavy atom. The quantitative estimate of drug-likeness (QED) is 0.421. The van der Waals surface area contributed by atoms with E-state index < -0.39 is 0 Å². The Hall–Kier alpha value is -3.16. The minimum absolute atomic E-state index is 0.0492. The fourth-order valence-electron chi connectivity index (χ4n) is 3.98. The number of H-pyrrole nitrogens is 1. The topological polar surface area (TPSA) is 74.3 Å². The summed E-state index contributed by atoms with van der Waals surface area (Å²) < 4.78 is 7.15. The molecular weight excluding hydrogens is 456 g/mol. The minimum atomic E-state index is -0.237. The van der Waals surface area contributed by atoms with Gasteiger partial charge in [-0.05, 0) is 54.4 Å². The number of ether oxygens (including phenoxy) is 1. The van der Waals surface area contributed by atoms with Gasteiger partial charge in [-0.25, -0.2) is 9.97 Å². The van der Waals surface area contributed by atoms with Crippen LogP contribution in [0.3, 0.4) is 0 Å². The Morgan fingerprint density at radius 2 is 2.19 bits per heavy atom. The highest BCUT2D eigenvalue weighted by Gasteiger charge is 2.31. The second kappa shape index (κ2) is 7.83. The third-order valence-corrected chi connectivity index (χ3v) is 5.96. The van der Waals surface area contributed by atoms with Crippen LogP contribution in [-0.2, 0) is 0 Å². The maximum Gasteiger partial charge on any atom is 0.154 e. The van der Waals surface area contributed by atoms with Crippen molar-refractivity contribution in [3.8, 4) is 17.1 Å². The summed E-state index contributed by atoms with van der Waals surface area (Å²) in [5.41, 5.74) is 5.63. The van der Waals surface area contributed by atoms with Crippen LogP contribution in [0.4, 0.5) is 11.5 Å². The molecule has 0 fully saturated rings. The molecule has 156 valence electrons. The number of aromatic nitrogens is 3. The number of pyridine rings is 1. The zero-order valence-corrected chi connectivity index (χ0v) is 18.6. The van der Waals surface area contributed by atoms with E-state index in [0.717, 1.165) is 55.3 Å². The largest absolute Gasteiger partial charge is 0.488 e. The number of benzene rings is 2. The van der Waals surface area contributed by atoms with E-state index in [4.69, 9.17) is 9.72 Å². The van der Waals surface area contributed by atoms with Crippen molar-refractivity contribution in [1.29, 1.82) is 0 Å². The van der Waals surface area contributed by atoms with E-state index in [0.29, 0.717) is 6.61 Å². The van der Waals surface area contributed by atoms with Crippen molar-refractivity contribution in [3.05, 3.63) is 70.8 Å². The van der Waals surface area contributed by atoms with Crippen molar-refractivity contribution in [2.45, 2.75) is 13.0 Å². The van der Waals surface area contributed by atoms with E-state index in [1.165, 1.54) is 0 Å². The smallest absolute Gasteiger partial charge is 0.154 e. The van der Waals surface area contributed by atoms with Crippen LogP contribution in [0.15, 0.2) is 59.7 Å². The van der Waals surface area contributed by atoms with E-state index >= 15 is 0 Å². The first-order valence-electron chi connectivity index (χ1n) is 9.99. The van der Waals surface area contributed by atoms with Crippen LogP contribution in [0, 0.1) is 6.92 Å². The lowest BCUT2D eigenvalue weighted by atomic mass is 10.1. The first kappa shape index (κ1) is 19.8. The highest BCUT2D eigenvalue weighted by atomic mass is 79.9. The average Bonchev–Trinajstić information content (AvgIpc) is 3.22. The van der Waals surface area contributed by atoms with Crippen LogP contribution in [0.1, 0.15) is 11.1 Å². The second-order valence-electron chi connectivity index (χ2n) is 7.53. The Morgan fingerprint density at radius 1 is 1.32 bits per heavy atom. The van der Waals surface area contributed by atoms with Crippen LogP contribution in [0.25, 0.3) is 28.5 Å². The highest BCUT2D eigenvalue weighted by Crippen LogP contribution is 2.44. The van der Waals surface area contributed by atoms with Crippen LogP contribution >= 0.6 is 15.9 Å². The normalized spacial score (nSPS) is 15.6. The summed E-state index contributed by atoms with van der Waals surface area (Å²) in [6.45, 7) is 6.12. The summed E-state index contributed by atoms with van der Waals surface area (Å²) in [5.74, 6) is 2.21. The molecule has 4 aromatic rings. The number of rotatable bonds is 4. The second-order valence-corrected chi connectivity index (χ2v) is 8.45. The maximum absolute atomic E-state index is 10.00. The fraction of sp³-hybridized carbons (Fsp3) is 0.167. The van der Waals surface area contributed by atoms with Gasteiger partial charge in [0.05, 0.1) is 34.9 Å². The molecule has 0 radical (unpaired) electrons. The molecule has 2 aromatic carbocycles. The van der Waals surface area contributed by atoms with Crippen LogP contribution < -0.4 is 9.64 Å². The van der Waals surface area contributed by atoms with E-state index in [2.05, 4.69) is 38.5 Å². The van der Waals surface area contributed by atoms with Crippen molar-refractivity contribution < 1.29 is 9.84 Å². The number of aliphatic hydroxyl groups excluding tert-OH is 1. The van der Waals surface area contributed by atoms with Crippen LogP contribution in [0.5, 0.6) is 5.75 Å². The van der Waals surface area contributed by atoms with Crippen LogP contribution in [-0.4, -0.2) is 39.3 Å². The predicted octanol–water partition coefficient (Wildman–Crippen LogP) is 5.23. The minimum Gasteiger partial charge on any atom is -0.488 e.